The molecule has 4 heteroatoms. The third-order valence-electron chi connectivity index (χ3n) is 4.00. The largest absolute Gasteiger partial charge is 0.377 e. The average Bonchev–Trinajstić information content (AvgIpc) is 2.64. The van der Waals surface area contributed by atoms with Gasteiger partial charge >= 0.3 is 0 Å². The standard InChI is InChI=1S/C20H26O4/c1-4-23-19(24-5-2)18(22-3)20(21,16-12-8-6-9-13-16)17-14-10-7-11-15-17/h6-15,18-19,21H,4-5H2,1-3H3. The van der Waals surface area contributed by atoms with Gasteiger partial charge in [0.1, 0.15) is 11.7 Å². The molecule has 0 spiro atoms. The van der Waals surface area contributed by atoms with Gasteiger partial charge in [0.2, 0.25) is 0 Å². The summed E-state index contributed by atoms with van der Waals surface area (Å²) in [6.07, 6.45) is -1.40. The lowest BCUT2D eigenvalue weighted by Gasteiger charge is -2.39. The van der Waals surface area contributed by atoms with Crippen LogP contribution >= 0.6 is 0 Å². The lowest BCUT2D eigenvalue weighted by Crippen LogP contribution is -2.50. The van der Waals surface area contributed by atoms with Crippen molar-refractivity contribution in [1.82, 2.24) is 0 Å². The smallest absolute Gasteiger partial charge is 0.187 e. The van der Waals surface area contributed by atoms with Crippen molar-refractivity contribution in [2.24, 2.45) is 0 Å². The molecule has 0 aliphatic heterocycles. The number of benzene rings is 2. The van der Waals surface area contributed by atoms with Crippen molar-refractivity contribution in [2.45, 2.75) is 31.8 Å². The predicted octanol–water partition coefficient (Wildman–Crippen LogP) is 3.34. The summed E-state index contributed by atoms with van der Waals surface area (Å²) in [4.78, 5) is 0. The van der Waals surface area contributed by atoms with Gasteiger partial charge in [-0.05, 0) is 25.0 Å². The molecule has 24 heavy (non-hydrogen) atoms. The maximum Gasteiger partial charge on any atom is 0.187 e. The van der Waals surface area contributed by atoms with E-state index in [-0.39, 0.29) is 0 Å². The number of aliphatic hydroxyl groups is 1. The number of rotatable bonds is 9. The zero-order chi connectivity index (χ0) is 17.4. The first-order valence-electron chi connectivity index (χ1n) is 8.27. The van der Waals surface area contributed by atoms with Gasteiger partial charge < -0.3 is 19.3 Å². The first kappa shape index (κ1) is 18.6. The van der Waals surface area contributed by atoms with Crippen molar-refractivity contribution in [2.75, 3.05) is 20.3 Å². The lowest BCUT2D eigenvalue weighted by atomic mass is 9.81. The van der Waals surface area contributed by atoms with Crippen LogP contribution in [0.1, 0.15) is 25.0 Å². The van der Waals surface area contributed by atoms with Crippen molar-refractivity contribution in [3.05, 3.63) is 71.8 Å². The summed E-state index contributed by atoms with van der Waals surface area (Å²) in [5.74, 6) is 0. The fourth-order valence-corrected chi connectivity index (χ4v) is 2.91. The molecule has 0 saturated heterocycles. The first-order valence-corrected chi connectivity index (χ1v) is 8.27. The van der Waals surface area contributed by atoms with E-state index >= 15 is 0 Å². The molecule has 2 aromatic rings. The summed E-state index contributed by atoms with van der Waals surface area (Å²) in [6, 6.07) is 18.9. The SMILES string of the molecule is CCOC(OCC)C(OC)C(O)(c1ccccc1)c1ccccc1. The van der Waals surface area contributed by atoms with Crippen LogP contribution in [0.3, 0.4) is 0 Å². The summed E-state index contributed by atoms with van der Waals surface area (Å²) in [5, 5.41) is 11.8. The van der Waals surface area contributed by atoms with Crippen LogP contribution in [0.15, 0.2) is 60.7 Å². The topological polar surface area (TPSA) is 47.9 Å². The molecular weight excluding hydrogens is 304 g/mol. The minimum absolute atomic E-state index is 0.462. The van der Waals surface area contributed by atoms with E-state index < -0.39 is 18.0 Å². The maximum atomic E-state index is 11.8. The molecular formula is C20H26O4. The van der Waals surface area contributed by atoms with Gasteiger partial charge in [-0.25, -0.2) is 0 Å². The molecule has 1 N–H and O–H groups in total. The van der Waals surface area contributed by atoms with E-state index in [2.05, 4.69) is 0 Å². The van der Waals surface area contributed by atoms with Crippen molar-refractivity contribution in [3.63, 3.8) is 0 Å². The van der Waals surface area contributed by atoms with Crippen LogP contribution in [0.4, 0.5) is 0 Å². The minimum Gasteiger partial charge on any atom is -0.377 e. The Bertz CT molecular complexity index is 540. The Morgan fingerprint density at radius 3 is 1.58 bits per heavy atom. The summed E-state index contributed by atoms with van der Waals surface area (Å²) in [6.45, 7) is 4.71. The van der Waals surface area contributed by atoms with Gasteiger partial charge in [0.05, 0.1) is 0 Å². The van der Waals surface area contributed by atoms with Gasteiger partial charge in [-0.1, -0.05) is 60.7 Å². The van der Waals surface area contributed by atoms with Crippen LogP contribution in [-0.2, 0) is 19.8 Å². The highest BCUT2D eigenvalue weighted by atomic mass is 16.7. The Balaban J connectivity index is 2.55. The van der Waals surface area contributed by atoms with E-state index in [1.165, 1.54) is 0 Å². The van der Waals surface area contributed by atoms with Gasteiger partial charge in [0, 0.05) is 20.3 Å². The van der Waals surface area contributed by atoms with Gasteiger partial charge in [0.25, 0.3) is 0 Å². The molecule has 1 unspecified atom stereocenters. The molecule has 0 aromatic heterocycles. The lowest BCUT2D eigenvalue weighted by molar-refractivity contribution is -0.238. The number of hydrogen-bond acceptors (Lipinski definition) is 4. The zero-order valence-electron chi connectivity index (χ0n) is 14.5. The van der Waals surface area contributed by atoms with Gasteiger partial charge in [-0.2, -0.15) is 0 Å². The highest BCUT2D eigenvalue weighted by Crippen LogP contribution is 2.36. The number of methoxy groups -OCH3 is 1. The van der Waals surface area contributed by atoms with Crippen LogP contribution in [0.25, 0.3) is 0 Å². The summed E-state index contributed by atoms with van der Waals surface area (Å²) in [7, 11) is 1.56. The molecule has 0 aliphatic rings. The van der Waals surface area contributed by atoms with Crippen LogP contribution in [0.2, 0.25) is 0 Å². The normalized spacial score (nSPS) is 13.2. The molecule has 4 nitrogen and oxygen atoms in total. The Labute approximate surface area is 144 Å². The van der Waals surface area contributed by atoms with Gasteiger partial charge in [-0.3, -0.25) is 0 Å². The van der Waals surface area contributed by atoms with Crippen LogP contribution in [-0.4, -0.2) is 37.8 Å². The molecule has 130 valence electrons. The number of ether oxygens (including phenoxy) is 3. The molecule has 2 aromatic carbocycles. The molecule has 0 amide bonds. The third-order valence-corrected chi connectivity index (χ3v) is 4.00. The van der Waals surface area contributed by atoms with Crippen LogP contribution in [0.5, 0.6) is 0 Å². The van der Waals surface area contributed by atoms with Crippen molar-refractivity contribution < 1.29 is 19.3 Å². The van der Waals surface area contributed by atoms with E-state index in [1.54, 1.807) is 7.11 Å². The molecule has 0 bridgehead atoms. The molecule has 0 aliphatic carbocycles. The Hall–Kier alpha value is -1.72. The zero-order valence-corrected chi connectivity index (χ0v) is 14.5. The predicted molar refractivity (Wildman–Crippen MR) is 93.7 cm³/mol. The van der Waals surface area contributed by atoms with E-state index in [4.69, 9.17) is 14.2 Å². The molecule has 0 heterocycles. The second-order valence-electron chi connectivity index (χ2n) is 5.43. The van der Waals surface area contributed by atoms with Crippen LogP contribution < -0.4 is 0 Å². The quantitative estimate of drug-likeness (QED) is 0.717. The highest BCUT2D eigenvalue weighted by Gasteiger charge is 2.46. The van der Waals surface area contributed by atoms with E-state index in [1.807, 2.05) is 74.5 Å². The second-order valence-corrected chi connectivity index (χ2v) is 5.43. The van der Waals surface area contributed by atoms with E-state index in [0.717, 1.165) is 11.1 Å². The fourth-order valence-electron chi connectivity index (χ4n) is 2.91. The van der Waals surface area contributed by atoms with Crippen molar-refractivity contribution in [1.29, 1.82) is 0 Å². The van der Waals surface area contributed by atoms with Crippen molar-refractivity contribution in [3.8, 4) is 0 Å². The maximum absolute atomic E-state index is 11.8. The summed E-state index contributed by atoms with van der Waals surface area (Å²) in [5.41, 5.74) is 0.0617. The van der Waals surface area contributed by atoms with E-state index in [0.29, 0.717) is 13.2 Å². The molecule has 0 fully saturated rings. The Morgan fingerprint density at radius 1 is 0.833 bits per heavy atom. The average molecular weight is 330 g/mol. The Kier molecular flexibility index (Phi) is 6.94. The molecule has 0 saturated carbocycles. The fraction of sp³-hybridized carbons (Fsp3) is 0.400. The second kappa shape index (κ2) is 8.94. The van der Waals surface area contributed by atoms with Crippen molar-refractivity contribution >= 4 is 0 Å². The Morgan fingerprint density at radius 2 is 1.25 bits per heavy atom. The third kappa shape index (κ3) is 3.84. The highest BCUT2D eigenvalue weighted by molar-refractivity contribution is 5.37. The number of hydrogen-bond donors (Lipinski definition) is 1. The first-order chi connectivity index (χ1) is 11.7. The minimum atomic E-state index is -1.40. The molecule has 1 atom stereocenters. The van der Waals surface area contributed by atoms with Gasteiger partial charge in [0.15, 0.2) is 6.29 Å². The molecule has 2 rings (SSSR count). The summed E-state index contributed by atoms with van der Waals surface area (Å²) < 4.78 is 17.1. The summed E-state index contributed by atoms with van der Waals surface area (Å²) >= 11 is 0. The van der Waals surface area contributed by atoms with Crippen LogP contribution in [0, 0.1) is 0 Å². The molecule has 0 radical (unpaired) electrons. The monoisotopic (exact) mass is 330 g/mol. The van der Waals surface area contributed by atoms with Gasteiger partial charge in [-0.15, -0.1) is 0 Å². The van der Waals surface area contributed by atoms with E-state index in [9.17, 15) is 5.11 Å².